The van der Waals surface area contributed by atoms with Gasteiger partial charge in [-0.1, -0.05) is 27.2 Å². The number of hydrogen-bond acceptors (Lipinski definition) is 2. The molecule has 84 valence electrons. The van der Waals surface area contributed by atoms with Crippen molar-refractivity contribution in [2.24, 2.45) is 17.1 Å². The maximum absolute atomic E-state index is 10.7. The average Bonchev–Trinajstić information content (AvgIpc) is 1.99. The van der Waals surface area contributed by atoms with Gasteiger partial charge in [-0.05, 0) is 24.7 Å². The summed E-state index contributed by atoms with van der Waals surface area (Å²) in [6.45, 7) is 8.14. The van der Waals surface area contributed by atoms with E-state index in [4.69, 9.17) is 10.8 Å². The van der Waals surface area contributed by atoms with Gasteiger partial charge in [0.2, 0.25) is 0 Å². The van der Waals surface area contributed by atoms with E-state index < -0.39 is 5.97 Å². The zero-order chi connectivity index (χ0) is 11.4. The average molecular weight is 201 g/mol. The number of rotatable bonds is 6. The molecule has 0 saturated heterocycles. The summed E-state index contributed by atoms with van der Waals surface area (Å²) in [7, 11) is 0. The fourth-order valence-corrected chi connectivity index (χ4v) is 1.44. The Hall–Kier alpha value is -0.570. The smallest absolute Gasteiger partial charge is 0.303 e. The molecule has 0 aliphatic heterocycles. The van der Waals surface area contributed by atoms with Crippen LogP contribution in [-0.4, -0.2) is 17.1 Å². The molecule has 0 spiro atoms. The molecule has 0 aliphatic rings. The monoisotopic (exact) mass is 201 g/mol. The Morgan fingerprint density at radius 3 is 2.21 bits per heavy atom. The van der Waals surface area contributed by atoms with Gasteiger partial charge in [0.05, 0.1) is 6.42 Å². The Balaban J connectivity index is 4.31. The third-order valence-corrected chi connectivity index (χ3v) is 2.95. The van der Waals surface area contributed by atoms with Crippen LogP contribution in [0.2, 0.25) is 0 Å². The van der Waals surface area contributed by atoms with Crippen molar-refractivity contribution < 1.29 is 9.90 Å². The summed E-state index contributed by atoms with van der Waals surface area (Å²) in [5.74, 6) is -0.157. The van der Waals surface area contributed by atoms with Gasteiger partial charge >= 0.3 is 5.97 Å². The standard InChI is InChI=1S/C11H23NO2/c1-8(2)5-6-11(4,9(3)12)7-10(13)14/h8-9H,5-7,12H2,1-4H3,(H,13,14). The van der Waals surface area contributed by atoms with Crippen LogP contribution >= 0.6 is 0 Å². The van der Waals surface area contributed by atoms with E-state index in [-0.39, 0.29) is 17.9 Å². The number of hydrogen-bond donors (Lipinski definition) is 2. The first kappa shape index (κ1) is 13.4. The largest absolute Gasteiger partial charge is 0.481 e. The summed E-state index contributed by atoms with van der Waals surface area (Å²) in [5, 5.41) is 8.81. The van der Waals surface area contributed by atoms with Crippen LogP contribution in [0.3, 0.4) is 0 Å². The fraction of sp³-hybridized carbons (Fsp3) is 0.909. The molecule has 3 nitrogen and oxygen atoms in total. The zero-order valence-electron chi connectivity index (χ0n) is 9.71. The minimum absolute atomic E-state index is 0.0719. The Morgan fingerprint density at radius 1 is 1.43 bits per heavy atom. The van der Waals surface area contributed by atoms with E-state index in [2.05, 4.69) is 13.8 Å². The molecule has 3 N–H and O–H groups in total. The third-order valence-electron chi connectivity index (χ3n) is 2.95. The molecule has 0 rings (SSSR count). The number of carbonyl (C=O) groups is 1. The summed E-state index contributed by atoms with van der Waals surface area (Å²) >= 11 is 0. The molecular formula is C11H23NO2. The zero-order valence-corrected chi connectivity index (χ0v) is 9.71. The maximum atomic E-state index is 10.7. The minimum atomic E-state index is -0.756. The lowest BCUT2D eigenvalue weighted by Crippen LogP contribution is -2.39. The number of carboxylic acids is 1. The SMILES string of the molecule is CC(C)CCC(C)(CC(=O)O)C(C)N. The van der Waals surface area contributed by atoms with Gasteiger partial charge in [0, 0.05) is 6.04 Å². The van der Waals surface area contributed by atoms with E-state index in [1.165, 1.54) is 0 Å². The molecule has 0 saturated carbocycles. The van der Waals surface area contributed by atoms with E-state index in [9.17, 15) is 4.79 Å². The van der Waals surface area contributed by atoms with Crippen LogP contribution in [0.25, 0.3) is 0 Å². The van der Waals surface area contributed by atoms with Crippen LogP contribution in [-0.2, 0) is 4.79 Å². The maximum Gasteiger partial charge on any atom is 0.303 e. The molecule has 0 aliphatic carbocycles. The minimum Gasteiger partial charge on any atom is -0.481 e. The normalized spacial score (nSPS) is 17.9. The van der Waals surface area contributed by atoms with E-state index in [0.29, 0.717) is 5.92 Å². The van der Waals surface area contributed by atoms with Gasteiger partial charge in [0.15, 0.2) is 0 Å². The molecular weight excluding hydrogens is 178 g/mol. The van der Waals surface area contributed by atoms with Gasteiger partial charge in [-0.25, -0.2) is 0 Å². The van der Waals surface area contributed by atoms with Crippen molar-refractivity contribution in [1.82, 2.24) is 0 Å². The summed E-state index contributed by atoms with van der Waals surface area (Å²) in [6, 6.07) is -0.0719. The quantitative estimate of drug-likeness (QED) is 0.692. The van der Waals surface area contributed by atoms with Crippen molar-refractivity contribution in [2.45, 2.75) is 53.0 Å². The van der Waals surface area contributed by atoms with Crippen molar-refractivity contribution in [1.29, 1.82) is 0 Å². The second kappa shape index (κ2) is 5.35. The van der Waals surface area contributed by atoms with Crippen LogP contribution in [0.15, 0.2) is 0 Å². The van der Waals surface area contributed by atoms with Gasteiger partial charge in [-0.15, -0.1) is 0 Å². The van der Waals surface area contributed by atoms with Crippen molar-refractivity contribution in [2.75, 3.05) is 0 Å². The van der Waals surface area contributed by atoms with E-state index in [1.54, 1.807) is 0 Å². The summed E-state index contributed by atoms with van der Waals surface area (Å²) in [5.41, 5.74) is 5.57. The summed E-state index contributed by atoms with van der Waals surface area (Å²) < 4.78 is 0. The lowest BCUT2D eigenvalue weighted by Gasteiger charge is -2.32. The van der Waals surface area contributed by atoms with Gasteiger partial charge in [-0.2, -0.15) is 0 Å². The van der Waals surface area contributed by atoms with Crippen LogP contribution in [0, 0.1) is 11.3 Å². The molecule has 14 heavy (non-hydrogen) atoms. The van der Waals surface area contributed by atoms with Crippen LogP contribution in [0.5, 0.6) is 0 Å². The molecule has 0 bridgehead atoms. The molecule has 3 heteroatoms. The van der Waals surface area contributed by atoms with Crippen LogP contribution in [0.1, 0.15) is 47.0 Å². The topological polar surface area (TPSA) is 63.3 Å². The molecule has 2 atom stereocenters. The highest BCUT2D eigenvalue weighted by molar-refractivity contribution is 5.67. The Kier molecular flexibility index (Phi) is 5.13. The molecule has 0 radical (unpaired) electrons. The van der Waals surface area contributed by atoms with Gasteiger partial charge in [0.25, 0.3) is 0 Å². The lowest BCUT2D eigenvalue weighted by atomic mass is 9.75. The van der Waals surface area contributed by atoms with Crippen molar-refractivity contribution in [3.63, 3.8) is 0 Å². The number of aliphatic carboxylic acids is 1. The third kappa shape index (κ3) is 4.61. The Labute approximate surface area is 86.7 Å². The van der Waals surface area contributed by atoms with E-state index in [0.717, 1.165) is 12.8 Å². The van der Waals surface area contributed by atoms with E-state index >= 15 is 0 Å². The van der Waals surface area contributed by atoms with E-state index in [1.807, 2.05) is 13.8 Å². The molecule has 0 aromatic heterocycles. The van der Waals surface area contributed by atoms with Gasteiger partial charge in [0.1, 0.15) is 0 Å². The highest BCUT2D eigenvalue weighted by Crippen LogP contribution is 2.32. The van der Waals surface area contributed by atoms with Crippen LogP contribution < -0.4 is 5.73 Å². The number of nitrogens with two attached hydrogens (primary N) is 1. The van der Waals surface area contributed by atoms with Gasteiger partial charge < -0.3 is 10.8 Å². The molecule has 2 unspecified atom stereocenters. The first-order valence-corrected chi connectivity index (χ1v) is 5.25. The van der Waals surface area contributed by atoms with Gasteiger partial charge in [-0.3, -0.25) is 4.79 Å². The lowest BCUT2D eigenvalue weighted by molar-refractivity contribution is -0.140. The molecule has 0 heterocycles. The van der Waals surface area contributed by atoms with Crippen molar-refractivity contribution in [3.05, 3.63) is 0 Å². The molecule has 0 aromatic carbocycles. The fourth-order valence-electron chi connectivity index (χ4n) is 1.44. The number of carboxylic acid groups (broad SMARTS) is 1. The Bertz CT molecular complexity index is 190. The van der Waals surface area contributed by atoms with Crippen molar-refractivity contribution in [3.8, 4) is 0 Å². The highest BCUT2D eigenvalue weighted by atomic mass is 16.4. The van der Waals surface area contributed by atoms with Crippen LogP contribution in [0.4, 0.5) is 0 Å². The second-order valence-electron chi connectivity index (χ2n) is 4.95. The second-order valence-corrected chi connectivity index (χ2v) is 4.95. The predicted molar refractivity (Wildman–Crippen MR) is 58.1 cm³/mol. The highest BCUT2D eigenvalue weighted by Gasteiger charge is 2.31. The predicted octanol–water partition coefficient (Wildman–Crippen LogP) is 2.25. The Morgan fingerprint density at radius 2 is 1.93 bits per heavy atom. The molecule has 0 fully saturated rings. The first-order chi connectivity index (χ1) is 6.28. The molecule has 0 amide bonds. The molecule has 0 aromatic rings. The first-order valence-electron chi connectivity index (χ1n) is 5.25. The summed E-state index contributed by atoms with van der Waals surface area (Å²) in [4.78, 5) is 10.7. The van der Waals surface area contributed by atoms with Crippen molar-refractivity contribution >= 4 is 5.97 Å². The summed E-state index contributed by atoms with van der Waals surface area (Å²) in [6.07, 6.45) is 2.08.